The number of methoxy groups -OCH3 is 1. The van der Waals surface area contributed by atoms with Gasteiger partial charge in [0.1, 0.15) is 17.6 Å². The van der Waals surface area contributed by atoms with E-state index >= 15 is 0 Å². The van der Waals surface area contributed by atoms with Crippen LogP contribution in [0.25, 0.3) is 5.69 Å². The highest BCUT2D eigenvalue weighted by Crippen LogP contribution is 2.31. The molecule has 0 spiro atoms. The topological polar surface area (TPSA) is 104 Å². The number of nitrogens with zero attached hydrogens (tertiary/aromatic N) is 3. The maximum Gasteiger partial charge on any atom is 0.239 e. The summed E-state index contributed by atoms with van der Waals surface area (Å²) in [6.07, 6.45) is 0.535. The summed E-state index contributed by atoms with van der Waals surface area (Å²) in [5, 5.41) is 12.6. The number of benzene rings is 1. The fraction of sp³-hybridized carbons (Fsp3) is 0.455. The molecule has 1 amide bonds. The van der Waals surface area contributed by atoms with Crippen molar-refractivity contribution in [1.29, 1.82) is 5.26 Å². The van der Waals surface area contributed by atoms with Gasteiger partial charge in [-0.15, -0.1) is 0 Å². The normalized spacial score (nSPS) is 17.5. The number of nitriles is 1. The lowest BCUT2D eigenvalue weighted by Gasteiger charge is -2.26. The quantitative estimate of drug-likeness (QED) is 0.703. The summed E-state index contributed by atoms with van der Waals surface area (Å²) < 4.78 is 30.7. The molecule has 1 aliphatic rings. The average Bonchev–Trinajstić information content (AvgIpc) is 3.22. The van der Waals surface area contributed by atoms with Crippen LogP contribution in [0.4, 0.5) is 5.82 Å². The summed E-state index contributed by atoms with van der Waals surface area (Å²) in [5.74, 6) is 1.09. The lowest BCUT2D eigenvalue weighted by atomic mass is 10.2. The number of anilines is 1. The zero-order chi connectivity index (χ0) is 22.8. The molecule has 8 nitrogen and oxygen atoms in total. The number of aromatic nitrogens is 1. The zero-order valence-electron chi connectivity index (χ0n) is 18.3. The van der Waals surface area contributed by atoms with Gasteiger partial charge in [0, 0.05) is 17.4 Å². The lowest BCUT2D eigenvalue weighted by molar-refractivity contribution is -0.117. The van der Waals surface area contributed by atoms with Gasteiger partial charge < -0.3 is 10.1 Å². The molecule has 1 aromatic carbocycles. The Kier molecular flexibility index (Phi) is 6.72. The van der Waals surface area contributed by atoms with E-state index in [0.29, 0.717) is 30.1 Å². The van der Waals surface area contributed by atoms with Gasteiger partial charge in [0.25, 0.3) is 0 Å². The van der Waals surface area contributed by atoms with Crippen LogP contribution in [0.2, 0.25) is 0 Å². The molecule has 0 bridgehead atoms. The Morgan fingerprint density at radius 1 is 1.32 bits per heavy atom. The van der Waals surface area contributed by atoms with Gasteiger partial charge in [-0.25, -0.2) is 8.42 Å². The van der Waals surface area contributed by atoms with Crippen molar-refractivity contribution in [2.45, 2.75) is 33.2 Å². The minimum absolute atomic E-state index is 0.0629. The molecule has 1 unspecified atom stereocenters. The number of hydrogen-bond donors (Lipinski definition) is 1. The van der Waals surface area contributed by atoms with Crippen LogP contribution in [0.5, 0.6) is 5.75 Å². The summed E-state index contributed by atoms with van der Waals surface area (Å²) in [7, 11) is -1.45. The minimum Gasteiger partial charge on any atom is -0.497 e. The molecule has 1 aliphatic heterocycles. The van der Waals surface area contributed by atoms with Crippen molar-refractivity contribution < 1.29 is 17.9 Å². The van der Waals surface area contributed by atoms with E-state index in [2.05, 4.69) is 11.4 Å². The van der Waals surface area contributed by atoms with Crippen LogP contribution < -0.4 is 10.1 Å². The highest BCUT2D eigenvalue weighted by molar-refractivity contribution is 7.91. The molecule has 0 saturated carbocycles. The van der Waals surface area contributed by atoms with Gasteiger partial charge in [-0.2, -0.15) is 5.26 Å². The molecular formula is C22H28N4O4S. The summed E-state index contributed by atoms with van der Waals surface area (Å²) in [6, 6.07) is 9.41. The molecular weight excluding hydrogens is 416 g/mol. The first kappa shape index (κ1) is 22.8. The van der Waals surface area contributed by atoms with E-state index in [4.69, 9.17) is 4.74 Å². The molecule has 1 saturated heterocycles. The van der Waals surface area contributed by atoms with Gasteiger partial charge in [0.2, 0.25) is 5.91 Å². The molecule has 1 fully saturated rings. The van der Waals surface area contributed by atoms with Crippen molar-refractivity contribution in [1.82, 2.24) is 9.47 Å². The Labute approximate surface area is 183 Å². The Hall–Kier alpha value is -2.83. The van der Waals surface area contributed by atoms with Crippen LogP contribution in [0.15, 0.2) is 24.3 Å². The van der Waals surface area contributed by atoms with Crippen molar-refractivity contribution in [2.75, 3.05) is 37.0 Å². The number of hydrogen-bond acceptors (Lipinski definition) is 6. The molecule has 1 aromatic heterocycles. The number of nitrogens with one attached hydrogen (secondary N) is 1. The van der Waals surface area contributed by atoms with Gasteiger partial charge in [-0.05, 0) is 56.6 Å². The second-order valence-corrected chi connectivity index (χ2v) is 9.98. The van der Waals surface area contributed by atoms with E-state index in [1.54, 1.807) is 7.11 Å². The highest BCUT2D eigenvalue weighted by Gasteiger charge is 2.32. The number of carbonyl (C=O) groups excluding carboxylic acids is 1. The summed E-state index contributed by atoms with van der Waals surface area (Å²) >= 11 is 0. The lowest BCUT2D eigenvalue weighted by Crippen LogP contribution is -2.41. The molecule has 3 rings (SSSR count). The second kappa shape index (κ2) is 9.12. The number of ether oxygens (including phenoxy) is 1. The van der Waals surface area contributed by atoms with Crippen LogP contribution in [0.3, 0.4) is 0 Å². The molecule has 2 aromatic rings. The first-order chi connectivity index (χ1) is 14.7. The molecule has 166 valence electrons. The zero-order valence-corrected chi connectivity index (χ0v) is 19.1. The van der Waals surface area contributed by atoms with Gasteiger partial charge in [-0.1, -0.05) is 6.92 Å². The van der Waals surface area contributed by atoms with Crippen molar-refractivity contribution in [3.63, 3.8) is 0 Å². The first-order valence-electron chi connectivity index (χ1n) is 10.2. The summed E-state index contributed by atoms with van der Waals surface area (Å²) in [6.45, 7) is 6.29. The third-order valence-electron chi connectivity index (χ3n) is 5.89. The van der Waals surface area contributed by atoms with Gasteiger partial charge in [0.15, 0.2) is 9.84 Å². The number of amides is 1. The predicted molar refractivity (Wildman–Crippen MR) is 119 cm³/mol. The molecule has 2 heterocycles. The number of likely N-dealkylation sites (N-methyl/N-ethyl adjacent to an activating group) is 1. The maximum absolute atomic E-state index is 12.9. The van der Waals surface area contributed by atoms with Gasteiger partial charge in [0.05, 0.1) is 30.7 Å². The van der Waals surface area contributed by atoms with E-state index in [9.17, 15) is 18.5 Å². The van der Waals surface area contributed by atoms with E-state index in [1.165, 1.54) is 0 Å². The number of rotatable bonds is 7. The van der Waals surface area contributed by atoms with Crippen molar-refractivity contribution in [3.05, 3.63) is 41.1 Å². The monoisotopic (exact) mass is 444 g/mol. The summed E-state index contributed by atoms with van der Waals surface area (Å²) in [5.41, 5.74) is 2.86. The van der Waals surface area contributed by atoms with Crippen LogP contribution in [0, 0.1) is 25.2 Å². The van der Waals surface area contributed by atoms with Crippen molar-refractivity contribution >= 4 is 21.6 Å². The molecule has 0 radical (unpaired) electrons. The van der Waals surface area contributed by atoms with E-state index in [-0.39, 0.29) is 30.0 Å². The Morgan fingerprint density at radius 2 is 2.00 bits per heavy atom. The van der Waals surface area contributed by atoms with Crippen LogP contribution in [-0.4, -0.2) is 61.5 Å². The van der Waals surface area contributed by atoms with Crippen LogP contribution >= 0.6 is 0 Å². The largest absolute Gasteiger partial charge is 0.497 e. The molecule has 31 heavy (non-hydrogen) atoms. The number of sulfone groups is 1. The molecule has 1 atom stereocenters. The Morgan fingerprint density at radius 3 is 2.52 bits per heavy atom. The van der Waals surface area contributed by atoms with Crippen molar-refractivity contribution in [3.8, 4) is 17.5 Å². The Balaban J connectivity index is 1.88. The SMILES string of the molecule is CCN(CC(=O)Nc1c(C#N)c(C)c(C)n1-c1ccc(OC)cc1)C1CCS(=O)(=O)C1. The van der Waals surface area contributed by atoms with Crippen molar-refractivity contribution in [2.24, 2.45) is 0 Å². The van der Waals surface area contributed by atoms with Gasteiger partial charge in [-0.3, -0.25) is 14.3 Å². The molecule has 9 heteroatoms. The second-order valence-electron chi connectivity index (χ2n) is 7.75. The fourth-order valence-corrected chi connectivity index (χ4v) is 5.80. The standard InChI is InChI=1S/C22H28N4O4S/c1-5-25(18-10-11-31(28,29)14-18)13-21(27)24-22-20(12-23)15(2)16(3)26(22)17-6-8-19(30-4)9-7-17/h6-9,18H,5,10-11,13-14H2,1-4H3,(H,24,27). The van der Waals surface area contributed by atoms with E-state index < -0.39 is 9.84 Å². The average molecular weight is 445 g/mol. The molecule has 0 aliphatic carbocycles. The first-order valence-corrected chi connectivity index (χ1v) is 12.0. The van der Waals surface area contributed by atoms with Crippen LogP contribution in [0.1, 0.15) is 30.2 Å². The third-order valence-corrected chi connectivity index (χ3v) is 7.64. The Bertz CT molecular complexity index is 1110. The van der Waals surface area contributed by atoms with E-state index in [0.717, 1.165) is 16.9 Å². The summed E-state index contributed by atoms with van der Waals surface area (Å²) in [4.78, 5) is 14.8. The van der Waals surface area contributed by atoms with Gasteiger partial charge >= 0.3 is 0 Å². The fourth-order valence-electron chi connectivity index (χ4n) is 4.03. The minimum atomic E-state index is -3.04. The predicted octanol–water partition coefficient (Wildman–Crippen LogP) is 2.42. The smallest absolute Gasteiger partial charge is 0.239 e. The third kappa shape index (κ3) is 4.75. The molecule has 1 N–H and O–H groups in total. The van der Waals surface area contributed by atoms with Crippen LogP contribution in [-0.2, 0) is 14.6 Å². The maximum atomic E-state index is 12.9. The van der Waals surface area contributed by atoms with E-state index in [1.807, 2.05) is 54.5 Å². The highest BCUT2D eigenvalue weighted by atomic mass is 32.2. The number of carbonyl (C=O) groups is 1.